The van der Waals surface area contributed by atoms with Crippen molar-refractivity contribution >= 4 is 5.69 Å². The van der Waals surface area contributed by atoms with Crippen LogP contribution in [0.2, 0.25) is 0 Å². The molecule has 1 aliphatic heterocycles. The lowest BCUT2D eigenvalue weighted by Gasteiger charge is -2.33. The second-order valence-electron chi connectivity index (χ2n) is 5.65. The summed E-state index contributed by atoms with van der Waals surface area (Å²) < 4.78 is 6.11. The van der Waals surface area contributed by atoms with E-state index < -0.39 is 0 Å². The third-order valence-electron chi connectivity index (χ3n) is 4.28. The third-order valence-corrected chi connectivity index (χ3v) is 4.28. The fourth-order valence-electron chi connectivity index (χ4n) is 2.80. The van der Waals surface area contributed by atoms with E-state index in [9.17, 15) is 0 Å². The zero-order chi connectivity index (χ0) is 14.4. The highest BCUT2D eigenvalue weighted by molar-refractivity contribution is 5.57. The Morgan fingerprint density at radius 1 is 1.25 bits per heavy atom. The normalized spacial score (nSPS) is 17.8. The molecule has 2 rings (SSSR count). The van der Waals surface area contributed by atoms with Crippen LogP contribution in [0.15, 0.2) is 24.3 Å². The summed E-state index contributed by atoms with van der Waals surface area (Å²) in [6, 6.07) is 8.20. The molecule has 0 bridgehead atoms. The predicted molar refractivity (Wildman–Crippen MR) is 85.5 cm³/mol. The monoisotopic (exact) mass is 276 g/mol. The van der Waals surface area contributed by atoms with Gasteiger partial charge in [-0.25, -0.2) is 0 Å². The van der Waals surface area contributed by atoms with E-state index in [1.807, 2.05) is 18.2 Å². The van der Waals surface area contributed by atoms with E-state index in [4.69, 9.17) is 4.74 Å². The van der Waals surface area contributed by atoms with Crippen molar-refractivity contribution in [3.05, 3.63) is 24.3 Å². The van der Waals surface area contributed by atoms with Crippen LogP contribution in [0, 0.1) is 5.92 Å². The highest BCUT2D eigenvalue weighted by Gasteiger charge is 2.21. The van der Waals surface area contributed by atoms with E-state index in [0.29, 0.717) is 0 Å². The number of likely N-dealkylation sites (N-methyl/N-ethyl adjacent to an activating group) is 1. The lowest BCUT2D eigenvalue weighted by atomic mass is 10.0. The van der Waals surface area contributed by atoms with E-state index in [-0.39, 0.29) is 6.10 Å². The van der Waals surface area contributed by atoms with Gasteiger partial charge in [-0.15, -0.1) is 0 Å². The van der Waals surface area contributed by atoms with E-state index in [0.717, 1.165) is 37.0 Å². The summed E-state index contributed by atoms with van der Waals surface area (Å²) in [5.74, 6) is 1.79. The molecule has 0 saturated carbocycles. The van der Waals surface area contributed by atoms with Crippen LogP contribution < -0.4 is 10.1 Å². The summed E-state index contributed by atoms with van der Waals surface area (Å²) in [5.41, 5.74) is 1.12. The summed E-state index contributed by atoms with van der Waals surface area (Å²) in [7, 11) is 0. The smallest absolute Gasteiger partial charge is 0.142 e. The molecule has 0 amide bonds. The Hall–Kier alpha value is -1.22. The number of anilines is 1. The lowest BCUT2D eigenvalue weighted by Crippen LogP contribution is -2.43. The van der Waals surface area contributed by atoms with Gasteiger partial charge in [0.05, 0.1) is 12.2 Å². The molecule has 0 aliphatic carbocycles. The molecular weight excluding hydrogens is 248 g/mol. The number of nitrogens with zero attached hydrogens (tertiary/aromatic N) is 1. The van der Waals surface area contributed by atoms with Crippen molar-refractivity contribution in [1.29, 1.82) is 0 Å². The van der Waals surface area contributed by atoms with Gasteiger partial charge in [0.1, 0.15) is 11.9 Å². The first-order valence-electron chi connectivity index (χ1n) is 7.98. The molecule has 3 nitrogen and oxygen atoms in total. The minimum Gasteiger partial charge on any atom is -0.485 e. The first kappa shape index (κ1) is 15.2. The fourth-order valence-corrected chi connectivity index (χ4v) is 2.80. The molecule has 20 heavy (non-hydrogen) atoms. The second-order valence-corrected chi connectivity index (χ2v) is 5.65. The maximum absolute atomic E-state index is 6.11. The van der Waals surface area contributed by atoms with E-state index >= 15 is 0 Å². The number of fused-ring (bicyclic) bond motifs is 1. The SMILES string of the molecule is CCC(CC)CN(CC)CC1CNc2ccccc2O1. The number of rotatable bonds is 7. The van der Waals surface area contributed by atoms with Crippen molar-refractivity contribution in [1.82, 2.24) is 4.90 Å². The Labute approximate surface area is 123 Å². The molecule has 0 saturated heterocycles. The van der Waals surface area contributed by atoms with Crippen molar-refractivity contribution in [2.45, 2.75) is 39.7 Å². The molecule has 1 unspecified atom stereocenters. The molecule has 1 atom stereocenters. The minimum atomic E-state index is 0.249. The average Bonchev–Trinajstić information content (AvgIpc) is 2.51. The molecule has 1 aromatic rings. The second kappa shape index (κ2) is 7.53. The zero-order valence-corrected chi connectivity index (χ0v) is 13.1. The Bertz CT molecular complexity index is 404. The standard InChI is InChI=1S/C17H28N2O/c1-4-14(5-2)12-19(6-3)13-15-11-18-16-9-7-8-10-17(16)20-15/h7-10,14-15,18H,4-6,11-13H2,1-3H3. The zero-order valence-electron chi connectivity index (χ0n) is 13.1. The fraction of sp³-hybridized carbons (Fsp3) is 0.647. The Kier molecular flexibility index (Phi) is 5.72. The molecule has 0 radical (unpaired) electrons. The highest BCUT2D eigenvalue weighted by Crippen LogP contribution is 2.28. The number of hydrogen-bond donors (Lipinski definition) is 1. The molecule has 1 N–H and O–H groups in total. The van der Waals surface area contributed by atoms with Crippen molar-refractivity contribution in [2.75, 3.05) is 31.5 Å². The first-order valence-corrected chi connectivity index (χ1v) is 7.98. The highest BCUT2D eigenvalue weighted by atomic mass is 16.5. The Morgan fingerprint density at radius 3 is 2.70 bits per heavy atom. The summed E-state index contributed by atoms with van der Waals surface area (Å²) in [5, 5.41) is 3.47. The molecular formula is C17H28N2O. The van der Waals surface area contributed by atoms with Crippen LogP contribution in [-0.4, -0.2) is 37.2 Å². The van der Waals surface area contributed by atoms with Gasteiger partial charge >= 0.3 is 0 Å². The number of benzene rings is 1. The summed E-state index contributed by atoms with van der Waals surface area (Å²) in [6.45, 7) is 11.0. The van der Waals surface area contributed by atoms with Gasteiger partial charge in [-0.3, -0.25) is 4.90 Å². The maximum Gasteiger partial charge on any atom is 0.142 e. The van der Waals surface area contributed by atoms with Gasteiger partial charge in [0, 0.05) is 13.1 Å². The van der Waals surface area contributed by atoms with Crippen molar-refractivity contribution < 1.29 is 4.74 Å². The van der Waals surface area contributed by atoms with Crippen molar-refractivity contribution in [2.24, 2.45) is 5.92 Å². The van der Waals surface area contributed by atoms with Crippen LogP contribution in [0.3, 0.4) is 0 Å². The topological polar surface area (TPSA) is 24.5 Å². The minimum absolute atomic E-state index is 0.249. The Morgan fingerprint density at radius 2 is 2.00 bits per heavy atom. The third kappa shape index (κ3) is 3.89. The molecule has 3 heteroatoms. The summed E-state index contributed by atoms with van der Waals surface area (Å²) in [4.78, 5) is 2.53. The van der Waals surface area contributed by atoms with Crippen LogP contribution in [0.1, 0.15) is 33.6 Å². The number of hydrogen-bond acceptors (Lipinski definition) is 3. The molecule has 0 spiro atoms. The van der Waals surface area contributed by atoms with E-state index in [1.165, 1.54) is 19.4 Å². The van der Waals surface area contributed by atoms with Gasteiger partial charge in [-0.2, -0.15) is 0 Å². The molecule has 1 aliphatic rings. The quantitative estimate of drug-likeness (QED) is 0.823. The van der Waals surface area contributed by atoms with E-state index in [2.05, 4.69) is 37.1 Å². The predicted octanol–water partition coefficient (Wildman–Crippen LogP) is 3.62. The molecule has 0 aromatic heterocycles. The number of para-hydroxylation sites is 2. The maximum atomic E-state index is 6.11. The van der Waals surface area contributed by atoms with E-state index in [1.54, 1.807) is 0 Å². The van der Waals surface area contributed by atoms with Gasteiger partial charge in [-0.05, 0) is 24.6 Å². The number of nitrogens with one attached hydrogen (secondary N) is 1. The van der Waals surface area contributed by atoms with Crippen LogP contribution in [-0.2, 0) is 0 Å². The Balaban J connectivity index is 1.89. The summed E-state index contributed by atoms with van der Waals surface area (Å²) in [6.07, 6.45) is 2.78. The molecule has 1 heterocycles. The molecule has 0 fully saturated rings. The van der Waals surface area contributed by atoms with Gasteiger partial charge in [0.2, 0.25) is 0 Å². The summed E-state index contributed by atoms with van der Waals surface area (Å²) >= 11 is 0. The van der Waals surface area contributed by atoms with Gasteiger partial charge in [-0.1, -0.05) is 45.7 Å². The van der Waals surface area contributed by atoms with Crippen molar-refractivity contribution in [3.63, 3.8) is 0 Å². The van der Waals surface area contributed by atoms with Crippen LogP contribution in [0.25, 0.3) is 0 Å². The van der Waals surface area contributed by atoms with Crippen LogP contribution in [0.5, 0.6) is 5.75 Å². The van der Waals surface area contributed by atoms with Crippen LogP contribution in [0.4, 0.5) is 5.69 Å². The van der Waals surface area contributed by atoms with Crippen molar-refractivity contribution in [3.8, 4) is 5.75 Å². The van der Waals surface area contributed by atoms with Crippen LogP contribution >= 0.6 is 0 Å². The molecule has 112 valence electrons. The van der Waals surface area contributed by atoms with Gasteiger partial charge in [0.15, 0.2) is 0 Å². The molecule has 1 aromatic carbocycles. The first-order chi connectivity index (χ1) is 9.76. The van der Waals surface area contributed by atoms with Gasteiger partial charge in [0.25, 0.3) is 0 Å². The average molecular weight is 276 g/mol. The van der Waals surface area contributed by atoms with Gasteiger partial charge < -0.3 is 10.1 Å². The number of ether oxygens (including phenoxy) is 1. The largest absolute Gasteiger partial charge is 0.485 e. The lowest BCUT2D eigenvalue weighted by molar-refractivity contribution is 0.126.